The summed E-state index contributed by atoms with van der Waals surface area (Å²) in [6, 6.07) is 8.58. The van der Waals surface area contributed by atoms with Gasteiger partial charge in [0.15, 0.2) is 9.84 Å². The van der Waals surface area contributed by atoms with Crippen LogP contribution in [-0.4, -0.2) is 52.0 Å². The molecular weight excluding hydrogens is 362 g/mol. The van der Waals surface area contributed by atoms with Crippen LogP contribution in [0.4, 0.5) is 0 Å². The predicted molar refractivity (Wildman–Crippen MR) is 96.6 cm³/mol. The number of nitrogens with zero attached hydrogens (tertiary/aromatic N) is 1. The van der Waals surface area contributed by atoms with Crippen molar-refractivity contribution in [3.05, 3.63) is 36.5 Å². The van der Waals surface area contributed by atoms with E-state index in [-0.39, 0.29) is 22.9 Å². The molecule has 1 aliphatic heterocycles. The van der Waals surface area contributed by atoms with Crippen LogP contribution in [0.1, 0.15) is 13.3 Å². The Morgan fingerprint density at radius 1 is 1.20 bits per heavy atom. The highest BCUT2D eigenvalue weighted by molar-refractivity contribution is 7.91. The molecule has 0 aliphatic carbocycles. The highest BCUT2D eigenvalue weighted by Crippen LogP contribution is 2.23. The van der Waals surface area contributed by atoms with Crippen LogP contribution in [0.5, 0.6) is 0 Å². The van der Waals surface area contributed by atoms with Gasteiger partial charge in [-0.25, -0.2) is 21.6 Å². The Kier molecular flexibility index (Phi) is 4.84. The largest absolute Gasteiger partial charge is 0.309 e. The van der Waals surface area contributed by atoms with Gasteiger partial charge in [-0.1, -0.05) is 18.2 Å². The number of para-hydroxylation sites is 1. The monoisotopic (exact) mass is 383 g/mol. The highest BCUT2D eigenvalue weighted by atomic mass is 32.2. The van der Waals surface area contributed by atoms with Crippen molar-refractivity contribution in [3.63, 3.8) is 0 Å². The minimum atomic E-state index is -3.70. The topological polar surface area (TPSA) is 105 Å². The molecule has 0 saturated carbocycles. The smallest absolute Gasteiger partial charge is 0.242 e. The Morgan fingerprint density at radius 3 is 2.68 bits per heavy atom. The third-order valence-electron chi connectivity index (χ3n) is 4.36. The lowest BCUT2D eigenvalue weighted by Crippen LogP contribution is -2.46. The zero-order valence-electron chi connectivity index (χ0n) is 13.9. The quantitative estimate of drug-likeness (QED) is 0.711. The van der Waals surface area contributed by atoms with Crippen molar-refractivity contribution in [1.82, 2.24) is 15.0 Å². The van der Waals surface area contributed by atoms with E-state index in [0.29, 0.717) is 18.5 Å². The first kappa shape index (κ1) is 18.2. The molecule has 0 spiro atoms. The van der Waals surface area contributed by atoms with Crippen LogP contribution < -0.4 is 10.0 Å². The van der Waals surface area contributed by atoms with Crippen molar-refractivity contribution >= 4 is 30.8 Å². The molecule has 9 heteroatoms. The summed E-state index contributed by atoms with van der Waals surface area (Å²) in [5.41, 5.74) is -0.0649. The van der Waals surface area contributed by atoms with Gasteiger partial charge in [0.25, 0.3) is 0 Å². The maximum absolute atomic E-state index is 12.6. The predicted octanol–water partition coefficient (Wildman–Crippen LogP) is 0.680. The molecule has 1 saturated heterocycles. The zero-order valence-corrected chi connectivity index (χ0v) is 15.5. The van der Waals surface area contributed by atoms with Crippen LogP contribution in [-0.2, 0) is 19.9 Å². The van der Waals surface area contributed by atoms with Gasteiger partial charge < -0.3 is 5.32 Å². The Balaban J connectivity index is 1.65. The molecule has 1 aromatic carbocycles. The normalized spacial score (nSPS) is 23.1. The van der Waals surface area contributed by atoms with Gasteiger partial charge in [0.05, 0.1) is 17.0 Å². The molecule has 136 valence electrons. The van der Waals surface area contributed by atoms with E-state index in [1.165, 1.54) is 6.07 Å². The second-order valence-electron chi connectivity index (χ2n) is 6.56. The van der Waals surface area contributed by atoms with E-state index in [1.54, 1.807) is 18.3 Å². The first-order chi connectivity index (χ1) is 11.7. The molecular formula is C16H21N3O4S2. The summed E-state index contributed by atoms with van der Waals surface area (Å²) in [5, 5.41) is 3.91. The van der Waals surface area contributed by atoms with Crippen LogP contribution in [0.25, 0.3) is 10.9 Å². The molecule has 2 aromatic rings. The number of benzene rings is 1. The van der Waals surface area contributed by atoms with E-state index < -0.39 is 25.4 Å². The molecule has 1 aliphatic rings. The second kappa shape index (κ2) is 6.64. The maximum Gasteiger partial charge on any atom is 0.242 e. The van der Waals surface area contributed by atoms with Crippen LogP contribution in [0.15, 0.2) is 41.4 Å². The van der Waals surface area contributed by atoms with Crippen molar-refractivity contribution in [3.8, 4) is 0 Å². The number of nitrogens with one attached hydrogen (secondary N) is 2. The highest BCUT2D eigenvalue weighted by Gasteiger charge is 2.37. The van der Waals surface area contributed by atoms with Crippen LogP contribution in [0, 0.1) is 0 Å². The van der Waals surface area contributed by atoms with E-state index in [9.17, 15) is 16.8 Å². The maximum atomic E-state index is 12.6. The average molecular weight is 383 g/mol. The first-order valence-electron chi connectivity index (χ1n) is 8.00. The van der Waals surface area contributed by atoms with Crippen molar-refractivity contribution in [2.75, 3.05) is 24.6 Å². The molecule has 0 unspecified atom stereocenters. The first-order valence-corrected chi connectivity index (χ1v) is 11.3. The van der Waals surface area contributed by atoms with Gasteiger partial charge in [-0.3, -0.25) is 4.98 Å². The molecule has 0 radical (unpaired) electrons. The molecule has 25 heavy (non-hydrogen) atoms. The Morgan fingerprint density at radius 2 is 1.96 bits per heavy atom. The molecule has 0 bridgehead atoms. The second-order valence-corrected chi connectivity index (χ2v) is 10.5. The van der Waals surface area contributed by atoms with Crippen LogP contribution in [0.3, 0.4) is 0 Å². The summed E-state index contributed by atoms with van der Waals surface area (Å²) >= 11 is 0. The molecule has 1 fully saturated rings. The van der Waals surface area contributed by atoms with E-state index in [2.05, 4.69) is 15.0 Å². The summed E-state index contributed by atoms with van der Waals surface area (Å²) in [5.74, 6) is 0.254. The number of fused-ring (bicyclic) bond motifs is 1. The Bertz CT molecular complexity index is 984. The lowest BCUT2D eigenvalue weighted by molar-refractivity contribution is 0.400. The number of sulfone groups is 1. The van der Waals surface area contributed by atoms with E-state index >= 15 is 0 Å². The fourth-order valence-corrected chi connectivity index (χ4v) is 6.40. The minimum absolute atomic E-state index is 0.0833. The zero-order chi connectivity index (χ0) is 18.1. The number of sulfonamides is 1. The molecule has 1 aromatic heterocycles. The molecule has 3 rings (SSSR count). The van der Waals surface area contributed by atoms with E-state index in [0.717, 1.165) is 5.39 Å². The Hall–Kier alpha value is -1.55. The van der Waals surface area contributed by atoms with Gasteiger partial charge in [-0.2, -0.15) is 0 Å². The molecule has 0 amide bonds. The number of hydrogen-bond acceptors (Lipinski definition) is 6. The average Bonchev–Trinajstić information content (AvgIpc) is 2.85. The van der Waals surface area contributed by atoms with Gasteiger partial charge in [0, 0.05) is 30.2 Å². The summed E-state index contributed by atoms with van der Waals surface area (Å²) in [4.78, 5) is 4.30. The van der Waals surface area contributed by atoms with Crippen molar-refractivity contribution in [2.45, 2.75) is 23.8 Å². The minimum Gasteiger partial charge on any atom is -0.309 e. The lowest BCUT2D eigenvalue weighted by Gasteiger charge is -2.24. The van der Waals surface area contributed by atoms with Crippen molar-refractivity contribution < 1.29 is 16.8 Å². The van der Waals surface area contributed by atoms with Crippen molar-refractivity contribution in [1.29, 1.82) is 0 Å². The van der Waals surface area contributed by atoms with Gasteiger partial charge in [-0.15, -0.1) is 0 Å². The lowest BCUT2D eigenvalue weighted by atomic mass is 10.0. The third kappa shape index (κ3) is 4.17. The van der Waals surface area contributed by atoms with Gasteiger partial charge in [0.2, 0.25) is 10.0 Å². The van der Waals surface area contributed by atoms with Gasteiger partial charge in [-0.05, 0) is 25.5 Å². The summed E-state index contributed by atoms with van der Waals surface area (Å²) in [6.45, 7) is 2.37. The van der Waals surface area contributed by atoms with E-state index in [1.807, 2.05) is 19.1 Å². The standard InChI is InChI=1S/C16H21N3O4S2/c1-16(7-11-24(20,21)12-16)18-9-10-19-25(22,23)14-6-2-4-13-5-3-8-17-15(13)14/h2-6,8,18-19H,7,9-12H2,1H3/t16-/m0/s1. The third-order valence-corrected chi connectivity index (χ3v) is 7.75. The molecule has 2 N–H and O–H groups in total. The number of aromatic nitrogens is 1. The summed E-state index contributed by atoms with van der Waals surface area (Å²) < 4.78 is 50.8. The molecule has 7 nitrogen and oxygen atoms in total. The molecule has 1 atom stereocenters. The van der Waals surface area contributed by atoms with Crippen molar-refractivity contribution in [2.24, 2.45) is 0 Å². The van der Waals surface area contributed by atoms with E-state index in [4.69, 9.17) is 0 Å². The van der Waals surface area contributed by atoms with Crippen LogP contribution >= 0.6 is 0 Å². The number of hydrogen-bond donors (Lipinski definition) is 2. The Labute approximate surface area is 147 Å². The SMILES string of the molecule is C[C@]1(NCCNS(=O)(=O)c2cccc3cccnc23)CCS(=O)(=O)C1. The summed E-state index contributed by atoms with van der Waals surface area (Å²) in [7, 11) is -6.69. The fourth-order valence-electron chi connectivity index (χ4n) is 3.07. The number of pyridine rings is 1. The number of rotatable bonds is 6. The van der Waals surface area contributed by atoms with Crippen LogP contribution in [0.2, 0.25) is 0 Å². The van der Waals surface area contributed by atoms with Gasteiger partial charge >= 0.3 is 0 Å². The van der Waals surface area contributed by atoms with Gasteiger partial charge in [0.1, 0.15) is 4.90 Å². The fraction of sp³-hybridized carbons (Fsp3) is 0.438. The molecule has 2 heterocycles. The summed E-state index contributed by atoms with van der Waals surface area (Å²) in [6.07, 6.45) is 2.10.